The van der Waals surface area contributed by atoms with Gasteiger partial charge in [0, 0.05) is 18.7 Å². The van der Waals surface area contributed by atoms with Crippen LogP contribution in [0.25, 0.3) is 0 Å². The van der Waals surface area contributed by atoms with E-state index in [2.05, 4.69) is 5.32 Å². The summed E-state index contributed by atoms with van der Waals surface area (Å²) >= 11 is 0. The maximum absolute atomic E-state index is 13.0. The smallest absolute Gasteiger partial charge is 0.251 e. The maximum atomic E-state index is 13.0. The lowest BCUT2D eigenvalue weighted by Gasteiger charge is -2.30. The van der Waals surface area contributed by atoms with Crippen molar-refractivity contribution < 1.29 is 22.7 Å². The van der Waals surface area contributed by atoms with E-state index in [1.807, 2.05) is 12.1 Å². The second kappa shape index (κ2) is 10.6. The minimum Gasteiger partial charge on any atom is -0.493 e. The van der Waals surface area contributed by atoms with Gasteiger partial charge in [0.25, 0.3) is 5.91 Å². The lowest BCUT2D eigenvalue weighted by molar-refractivity contribution is 0.0946. The molecule has 1 aliphatic rings. The van der Waals surface area contributed by atoms with Gasteiger partial charge in [0.15, 0.2) is 11.5 Å². The summed E-state index contributed by atoms with van der Waals surface area (Å²) in [6.07, 6.45) is 5.00. The summed E-state index contributed by atoms with van der Waals surface area (Å²) in [5, 5.41) is 2.76. The molecule has 0 radical (unpaired) electrons. The second-order valence-electron chi connectivity index (χ2n) is 7.60. The Kier molecular flexibility index (Phi) is 7.92. The van der Waals surface area contributed by atoms with Crippen molar-refractivity contribution in [2.45, 2.75) is 43.0 Å². The van der Waals surface area contributed by atoms with E-state index in [0.29, 0.717) is 17.1 Å². The summed E-state index contributed by atoms with van der Waals surface area (Å²) in [4.78, 5) is 12.7. The predicted octanol–water partition coefficient (Wildman–Crippen LogP) is 3.46. The van der Waals surface area contributed by atoms with E-state index in [-0.39, 0.29) is 30.0 Å². The molecule has 0 bridgehead atoms. The minimum absolute atomic E-state index is 0.0170. The number of hydrogen-bond donors (Lipinski definition) is 1. The van der Waals surface area contributed by atoms with E-state index >= 15 is 0 Å². The third-order valence-corrected chi connectivity index (χ3v) is 7.48. The van der Waals surface area contributed by atoms with Crippen LogP contribution >= 0.6 is 0 Å². The van der Waals surface area contributed by atoms with Crippen molar-refractivity contribution >= 4 is 15.9 Å². The van der Waals surface area contributed by atoms with Gasteiger partial charge in [0.05, 0.1) is 18.6 Å². The average Bonchev–Trinajstić information content (AvgIpc) is 2.82. The number of nitrogens with one attached hydrogen (secondary N) is 1. The average molecular weight is 447 g/mol. The largest absolute Gasteiger partial charge is 0.493 e. The SMILES string of the molecule is COc1ccccc1OCCNC(=O)c1cccc(S(=O)(=O)N(C)C2CCCCC2)c1. The van der Waals surface area contributed by atoms with Gasteiger partial charge in [-0.05, 0) is 43.2 Å². The molecule has 2 aromatic carbocycles. The number of carbonyl (C=O) groups is 1. The lowest BCUT2D eigenvalue weighted by Crippen LogP contribution is -2.38. The zero-order valence-corrected chi connectivity index (χ0v) is 18.9. The quantitative estimate of drug-likeness (QED) is 0.597. The molecule has 1 saturated carbocycles. The zero-order chi connectivity index (χ0) is 22.3. The highest BCUT2D eigenvalue weighted by molar-refractivity contribution is 7.89. The van der Waals surface area contributed by atoms with Gasteiger partial charge in [0.1, 0.15) is 6.61 Å². The van der Waals surface area contributed by atoms with E-state index in [1.165, 1.54) is 16.4 Å². The van der Waals surface area contributed by atoms with Gasteiger partial charge < -0.3 is 14.8 Å². The first-order valence-electron chi connectivity index (χ1n) is 10.6. The highest BCUT2D eigenvalue weighted by Crippen LogP contribution is 2.27. The van der Waals surface area contributed by atoms with Gasteiger partial charge in [0.2, 0.25) is 10.0 Å². The van der Waals surface area contributed by atoms with Crippen molar-refractivity contribution in [3.63, 3.8) is 0 Å². The number of amides is 1. The number of carbonyl (C=O) groups excluding carboxylic acids is 1. The Morgan fingerprint density at radius 2 is 1.77 bits per heavy atom. The fourth-order valence-corrected chi connectivity index (χ4v) is 5.23. The molecule has 0 heterocycles. The van der Waals surface area contributed by atoms with E-state index in [0.717, 1.165) is 32.1 Å². The number of sulfonamides is 1. The topological polar surface area (TPSA) is 84.9 Å². The van der Waals surface area contributed by atoms with Gasteiger partial charge >= 0.3 is 0 Å². The first-order chi connectivity index (χ1) is 14.9. The van der Waals surface area contributed by atoms with Crippen LogP contribution in [0, 0.1) is 0 Å². The van der Waals surface area contributed by atoms with Gasteiger partial charge in [-0.25, -0.2) is 8.42 Å². The molecule has 1 fully saturated rings. The Morgan fingerprint density at radius 3 is 2.48 bits per heavy atom. The Hall–Kier alpha value is -2.58. The summed E-state index contributed by atoms with van der Waals surface area (Å²) < 4.78 is 38.4. The Morgan fingerprint density at radius 1 is 1.06 bits per heavy atom. The molecule has 1 N–H and O–H groups in total. The molecule has 8 heteroatoms. The molecule has 1 aliphatic carbocycles. The highest BCUT2D eigenvalue weighted by atomic mass is 32.2. The third-order valence-electron chi connectivity index (χ3n) is 5.58. The number of para-hydroxylation sites is 2. The van der Waals surface area contributed by atoms with E-state index < -0.39 is 10.0 Å². The first kappa shape index (κ1) is 23.1. The molecule has 2 aromatic rings. The fraction of sp³-hybridized carbons (Fsp3) is 0.435. The van der Waals surface area contributed by atoms with E-state index in [1.54, 1.807) is 38.4 Å². The Labute approximate surface area is 184 Å². The lowest BCUT2D eigenvalue weighted by atomic mass is 9.96. The summed E-state index contributed by atoms with van der Waals surface area (Å²) in [7, 11) is -0.450. The molecule has 0 spiro atoms. The molecule has 0 saturated heterocycles. The van der Waals surface area contributed by atoms with E-state index in [4.69, 9.17) is 9.47 Å². The molecule has 0 unspecified atom stereocenters. The predicted molar refractivity (Wildman–Crippen MR) is 119 cm³/mol. The van der Waals surface area contributed by atoms with Gasteiger partial charge in [-0.1, -0.05) is 37.5 Å². The fourth-order valence-electron chi connectivity index (χ4n) is 3.77. The zero-order valence-electron chi connectivity index (χ0n) is 18.0. The van der Waals surface area contributed by atoms with Gasteiger partial charge in [-0.15, -0.1) is 0 Å². The van der Waals surface area contributed by atoms with Crippen LogP contribution in [-0.4, -0.2) is 52.0 Å². The second-order valence-corrected chi connectivity index (χ2v) is 9.59. The molecular formula is C23H30N2O5S. The van der Waals surface area contributed by atoms with Crippen LogP contribution in [0.3, 0.4) is 0 Å². The molecule has 7 nitrogen and oxygen atoms in total. The van der Waals surface area contributed by atoms with Crippen molar-refractivity contribution in [3.8, 4) is 11.5 Å². The van der Waals surface area contributed by atoms with Gasteiger partial charge in [-0.3, -0.25) is 4.79 Å². The van der Waals surface area contributed by atoms with Crippen LogP contribution in [0.15, 0.2) is 53.4 Å². The van der Waals surface area contributed by atoms with Crippen molar-refractivity contribution in [2.75, 3.05) is 27.3 Å². The number of ether oxygens (including phenoxy) is 2. The Bertz CT molecular complexity index is 987. The standard InChI is InChI=1S/C23H30N2O5S/c1-25(19-10-4-3-5-11-19)31(27,28)20-12-8-9-18(17-20)23(26)24-15-16-30-22-14-7-6-13-21(22)29-2/h6-9,12-14,17,19H,3-5,10-11,15-16H2,1-2H3,(H,24,26). The molecule has 0 atom stereocenters. The van der Waals surface area contributed by atoms with Crippen LogP contribution in [0.5, 0.6) is 11.5 Å². The molecule has 0 aromatic heterocycles. The van der Waals surface area contributed by atoms with Crippen molar-refractivity contribution in [1.29, 1.82) is 0 Å². The summed E-state index contributed by atoms with van der Waals surface area (Å²) in [6, 6.07) is 13.5. The molecule has 0 aliphatic heterocycles. The summed E-state index contributed by atoms with van der Waals surface area (Å²) in [6.45, 7) is 0.532. The first-order valence-corrected chi connectivity index (χ1v) is 12.0. The molecular weight excluding hydrogens is 416 g/mol. The van der Waals surface area contributed by atoms with Crippen LogP contribution in [0.4, 0.5) is 0 Å². The molecule has 168 valence electrons. The monoisotopic (exact) mass is 446 g/mol. The summed E-state index contributed by atoms with van der Waals surface area (Å²) in [5.74, 6) is 0.868. The molecule has 31 heavy (non-hydrogen) atoms. The maximum Gasteiger partial charge on any atom is 0.251 e. The molecule has 3 rings (SSSR count). The Balaban J connectivity index is 1.59. The number of methoxy groups -OCH3 is 1. The molecule has 1 amide bonds. The van der Waals surface area contributed by atoms with Gasteiger partial charge in [-0.2, -0.15) is 4.31 Å². The van der Waals surface area contributed by atoms with Crippen LogP contribution in [0.1, 0.15) is 42.5 Å². The summed E-state index contributed by atoms with van der Waals surface area (Å²) in [5.41, 5.74) is 0.301. The third kappa shape index (κ3) is 5.77. The van der Waals surface area contributed by atoms with Crippen molar-refractivity contribution in [1.82, 2.24) is 9.62 Å². The van der Waals surface area contributed by atoms with Crippen molar-refractivity contribution in [2.24, 2.45) is 0 Å². The number of rotatable bonds is 9. The van der Waals surface area contributed by atoms with Crippen LogP contribution in [-0.2, 0) is 10.0 Å². The minimum atomic E-state index is -3.65. The highest BCUT2D eigenvalue weighted by Gasteiger charge is 2.29. The van der Waals surface area contributed by atoms with E-state index in [9.17, 15) is 13.2 Å². The normalized spacial score (nSPS) is 14.9. The van der Waals surface area contributed by atoms with Crippen molar-refractivity contribution in [3.05, 3.63) is 54.1 Å². The van der Waals surface area contributed by atoms with Crippen LogP contribution in [0.2, 0.25) is 0 Å². The number of nitrogens with zero attached hydrogens (tertiary/aromatic N) is 1. The number of hydrogen-bond acceptors (Lipinski definition) is 5. The van der Waals surface area contributed by atoms with Crippen LogP contribution < -0.4 is 14.8 Å². The number of benzene rings is 2.